The van der Waals surface area contributed by atoms with E-state index < -0.39 is 0 Å². The second-order valence-electron chi connectivity index (χ2n) is 5.76. The smallest absolute Gasteiger partial charge is 0.186 e. The summed E-state index contributed by atoms with van der Waals surface area (Å²) in [5.41, 5.74) is 3.65. The minimum atomic E-state index is 0.490. The van der Waals surface area contributed by atoms with Gasteiger partial charge >= 0.3 is 0 Å². The van der Waals surface area contributed by atoms with Crippen LogP contribution in [0.15, 0.2) is 20.1 Å². The second kappa shape index (κ2) is 11.8. The van der Waals surface area contributed by atoms with Crippen LogP contribution in [0.2, 0.25) is 0 Å². The summed E-state index contributed by atoms with van der Waals surface area (Å²) in [5, 5.41) is 7.84. The lowest BCUT2D eigenvalue weighted by atomic mass is 10.2. The molecule has 0 aliphatic carbocycles. The maximum Gasteiger partial charge on any atom is 0.186 e. The van der Waals surface area contributed by atoms with Crippen LogP contribution >= 0.6 is 44.1 Å². The van der Waals surface area contributed by atoms with Gasteiger partial charge in [0.15, 0.2) is 16.6 Å². The van der Waals surface area contributed by atoms with Gasteiger partial charge in [0.1, 0.15) is 0 Å². The fraction of sp³-hybridized carbons (Fsp3) is 0.529. The van der Waals surface area contributed by atoms with Gasteiger partial charge in [-0.2, -0.15) is 5.10 Å². The quantitative estimate of drug-likeness (QED) is 0.235. The Morgan fingerprint density at radius 1 is 1.30 bits per heavy atom. The highest BCUT2D eigenvalue weighted by Gasteiger charge is 2.15. The molecule has 0 unspecified atom stereocenters. The molecule has 0 saturated carbocycles. The minimum Gasteiger partial charge on any atom is -0.493 e. The highest BCUT2D eigenvalue weighted by molar-refractivity contribution is 9.13. The number of hydrazone groups is 1. The highest BCUT2D eigenvalue weighted by Crippen LogP contribution is 2.41. The molecule has 1 aromatic rings. The van der Waals surface area contributed by atoms with Crippen LogP contribution in [0.5, 0.6) is 11.5 Å². The van der Waals surface area contributed by atoms with Crippen LogP contribution in [0.1, 0.15) is 12.0 Å². The molecule has 0 aromatic heterocycles. The van der Waals surface area contributed by atoms with Crippen LogP contribution in [0.4, 0.5) is 0 Å². The molecule has 1 saturated heterocycles. The molecule has 1 heterocycles. The maximum atomic E-state index is 5.35. The number of ether oxygens (including phenoxy) is 3. The first-order valence-corrected chi connectivity index (χ1v) is 10.5. The molecule has 1 fully saturated rings. The van der Waals surface area contributed by atoms with Gasteiger partial charge in [0, 0.05) is 29.7 Å². The number of thiocarbonyl (C=S) groups is 1. The van der Waals surface area contributed by atoms with Gasteiger partial charge in [-0.25, -0.2) is 0 Å². The van der Waals surface area contributed by atoms with Gasteiger partial charge in [-0.05, 0) is 63.1 Å². The normalized spacial score (nSPS) is 15.0. The summed E-state index contributed by atoms with van der Waals surface area (Å²) in [6, 6.07) is 1.83. The van der Waals surface area contributed by atoms with Crippen LogP contribution in [0, 0.1) is 0 Å². The summed E-state index contributed by atoms with van der Waals surface area (Å²) < 4.78 is 17.6. The van der Waals surface area contributed by atoms with Crippen molar-refractivity contribution in [1.82, 2.24) is 15.6 Å². The summed E-state index contributed by atoms with van der Waals surface area (Å²) >= 11 is 12.3. The van der Waals surface area contributed by atoms with E-state index in [2.05, 4.69) is 52.6 Å². The molecule has 0 amide bonds. The molecule has 27 heavy (non-hydrogen) atoms. The third-order valence-electron chi connectivity index (χ3n) is 3.99. The van der Waals surface area contributed by atoms with E-state index in [0.717, 1.165) is 60.3 Å². The first kappa shape index (κ1) is 22.4. The zero-order valence-corrected chi connectivity index (χ0v) is 19.4. The van der Waals surface area contributed by atoms with E-state index in [0.29, 0.717) is 16.6 Å². The molecule has 2 N–H and O–H groups in total. The topological polar surface area (TPSA) is 67.4 Å². The zero-order valence-electron chi connectivity index (χ0n) is 15.4. The number of nitrogens with one attached hydrogen (secondary N) is 2. The van der Waals surface area contributed by atoms with Crippen molar-refractivity contribution >= 4 is 55.4 Å². The molecule has 10 heteroatoms. The van der Waals surface area contributed by atoms with Crippen LogP contribution in [-0.4, -0.2) is 69.8 Å². The third kappa shape index (κ3) is 6.86. The summed E-state index contributed by atoms with van der Waals surface area (Å²) in [7, 11) is 3.18. The van der Waals surface area contributed by atoms with E-state index in [1.165, 1.54) is 0 Å². The van der Waals surface area contributed by atoms with E-state index >= 15 is 0 Å². The average Bonchev–Trinajstić information content (AvgIpc) is 2.69. The lowest BCUT2D eigenvalue weighted by Gasteiger charge is -2.26. The van der Waals surface area contributed by atoms with Crippen molar-refractivity contribution in [3.63, 3.8) is 0 Å². The molecule has 150 valence electrons. The maximum absolute atomic E-state index is 5.35. The van der Waals surface area contributed by atoms with Crippen LogP contribution < -0.4 is 20.2 Å². The van der Waals surface area contributed by atoms with Gasteiger partial charge in [-0.1, -0.05) is 0 Å². The highest BCUT2D eigenvalue weighted by atomic mass is 79.9. The molecule has 0 spiro atoms. The van der Waals surface area contributed by atoms with Crippen LogP contribution in [-0.2, 0) is 4.74 Å². The Kier molecular flexibility index (Phi) is 9.77. The van der Waals surface area contributed by atoms with Crippen molar-refractivity contribution in [1.29, 1.82) is 0 Å². The summed E-state index contributed by atoms with van der Waals surface area (Å²) in [6.45, 7) is 5.48. The fourth-order valence-electron chi connectivity index (χ4n) is 2.57. The largest absolute Gasteiger partial charge is 0.493 e. The molecule has 1 aliphatic rings. The lowest BCUT2D eigenvalue weighted by molar-refractivity contribution is 0.0376. The van der Waals surface area contributed by atoms with Crippen LogP contribution in [0.3, 0.4) is 0 Å². The van der Waals surface area contributed by atoms with Gasteiger partial charge in [0.25, 0.3) is 0 Å². The molecule has 0 atom stereocenters. The van der Waals surface area contributed by atoms with Crippen molar-refractivity contribution in [3.05, 3.63) is 20.6 Å². The molecule has 0 radical (unpaired) electrons. The Bertz CT molecular complexity index is 670. The van der Waals surface area contributed by atoms with E-state index in [9.17, 15) is 0 Å². The first-order valence-electron chi connectivity index (χ1n) is 8.53. The van der Waals surface area contributed by atoms with Gasteiger partial charge < -0.3 is 19.5 Å². The predicted octanol–water partition coefficient (Wildman–Crippen LogP) is 2.75. The van der Waals surface area contributed by atoms with Crippen LogP contribution in [0.25, 0.3) is 0 Å². The predicted molar refractivity (Wildman–Crippen MR) is 118 cm³/mol. The van der Waals surface area contributed by atoms with Gasteiger partial charge in [0.2, 0.25) is 0 Å². The van der Waals surface area contributed by atoms with Gasteiger partial charge in [-0.3, -0.25) is 10.3 Å². The van der Waals surface area contributed by atoms with Crippen molar-refractivity contribution in [2.24, 2.45) is 5.10 Å². The number of nitrogens with zero attached hydrogens (tertiary/aromatic N) is 2. The number of methoxy groups -OCH3 is 2. The van der Waals surface area contributed by atoms with Gasteiger partial charge in [-0.15, -0.1) is 0 Å². The number of hydrogen-bond acceptors (Lipinski definition) is 6. The van der Waals surface area contributed by atoms with E-state index in [4.69, 9.17) is 26.4 Å². The molecule has 1 aromatic carbocycles. The van der Waals surface area contributed by atoms with Crippen molar-refractivity contribution in [3.8, 4) is 11.5 Å². The third-order valence-corrected chi connectivity index (χ3v) is 6.37. The zero-order chi connectivity index (χ0) is 19.6. The van der Waals surface area contributed by atoms with E-state index in [1.54, 1.807) is 20.4 Å². The van der Waals surface area contributed by atoms with Crippen molar-refractivity contribution in [2.75, 3.05) is 53.6 Å². The average molecular weight is 524 g/mol. The lowest BCUT2D eigenvalue weighted by Crippen LogP contribution is -2.39. The molecular weight excluding hydrogens is 500 g/mol. The SMILES string of the molecule is COc1cc(/C=N/NC(=S)NCCCN2CCOCC2)c(Br)c(Br)c1OC. The van der Waals surface area contributed by atoms with E-state index in [1.807, 2.05) is 6.07 Å². The minimum absolute atomic E-state index is 0.490. The summed E-state index contributed by atoms with van der Waals surface area (Å²) in [4.78, 5) is 2.40. The monoisotopic (exact) mass is 522 g/mol. The number of morpholine rings is 1. The molecule has 0 bridgehead atoms. The number of rotatable bonds is 8. The molecular formula is C17H24Br2N4O3S. The first-order chi connectivity index (χ1) is 13.1. The van der Waals surface area contributed by atoms with E-state index in [-0.39, 0.29) is 0 Å². The Morgan fingerprint density at radius 3 is 2.70 bits per heavy atom. The fourth-order valence-corrected chi connectivity index (χ4v) is 3.71. The Balaban J connectivity index is 1.79. The molecule has 2 rings (SSSR count). The van der Waals surface area contributed by atoms with Gasteiger partial charge in [0.05, 0.1) is 38.1 Å². The number of benzene rings is 1. The summed E-state index contributed by atoms with van der Waals surface area (Å²) in [5.74, 6) is 1.23. The molecule has 7 nitrogen and oxygen atoms in total. The summed E-state index contributed by atoms with van der Waals surface area (Å²) in [6.07, 6.45) is 2.68. The molecule has 1 aliphatic heterocycles. The Labute approximate surface area is 182 Å². The standard InChI is InChI=1S/C17H24Br2N4O3S/c1-24-13-10-12(14(18)15(19)16(13)25-2)11-21-22-17(27)20-4-3-5-23-6-8-26-9-7-23/h10-11H,3-9H2,1-2H3,(H2,20,22,27)/b21-11+. The van der Waals surface area contributed by atoms with Crippen molar-refractivity contribution in [2.45, 2.75) is 6.42 Å². The second-order valence-corrected chi connectivity index (χ2v) is 7.76. The Hall–Kier alpha value is -0.940. The number of halogens is 2. The number of hydrogen-bond donors (Lipinski definition) is 2. The Morgan fingerprint density at radius 2 is 2.04 bits per heavy atom. The van der Waals surface area contributed by atoms with Crippen molar-refractivity contribution < 1.29 is 14.2 Å².